The zero-order valence-corrected chi connectivity index (χ0v) is 14.6. The van der Waals surface area contributed by atoms with Crippen molar-refractivity contribution >= 4 is 11.8 Å². The molecule has 0 spiro atoms. The van der Waals surface area contributed by atoms with E-state index < -0.39 is 17.6 Å². The van der Waals surface area contributed by atoms with Gasteiger partial charge in [0.05, 0.1) is 0 Å². The number of amides is 2. The monoisotopic (exact) mass is 362 g/mol. The lowest BCUT2D eigenvalue weighted by molar-refractivity contribution is 0.0999. The van der Waals surface area contributed by atoms with Crippen LogP contribution >= 0.6 is 0 Å². The zero-order chi connectivity index (χ0) is 19.4. The van der Waals surface area contributed by atoms with E-state index in [1.807, 2.05) is 30.3 Å². The molecule has 3 aromatic carbocycles. The molecule has 4 N–H and O–H groups in total. The Bertz CT molecular complexity index is 968. The van der Waals surface area contributed by atoms with Gasteiger partial charge in [-0.15, -0.1) is 0 Å². The second-order valence-corrected chi connectivity index (χ2v) is 6.29. The Morgan fingerprint density at radius 1 is 0.741 bits per heavy atom. The molecule has 3 aromatic rings. The summed E-state index contributed by atoms with van der Waals surface area (Å²) in [6.45, 7) is 0. The fraction of sp³-hybridized carbons (Fsp3) is 0.0909. The maximum absolute atomic E-state index is 14.3. The summed E-state index contributed by atoms with van der Waals surface area (Å²) in [6.07, 6.45) is 1.35. The van der Waals surface area contributed by atoms with Gasteiger partial charge < -0.3 is 11.5 Å². The highest BCUT2D eigenvalue weighted by Crippen LogP contribution is 2.30. The number of carbonyl (C=O) groups excluding carboxylic acids is 2. The SMILES string of the molecule is NC(=O)c1cccc(C(N)=O)c1-c1cc(F)cc(CCc2ccccc2)c1. The highest BCUT2D eigenvalue weighted by Gasteiger charge is 2.18. The average molecular weight is 362 g/mol. The van der Waals surface area contributed by atoms with Gasteiger partial charge in [0.2, 0.25) is 11.8 Å². The molecule has 0 fully saturated rings. The predicted molar refractivity (Wildman–Crippen MR) is 103 cm³/mol. The lowest BCUT2D eigenvalue weighted by Crippen LogP contribution is -2.18. The number of primary amides is 2. The molecule has 3 rings (SSSR count). The molecule has 27 heavy (non-hydrogen) atoms. The number of halogens is 1. The molecule has 0 radical (unpaired) electrons. The van der Waals surface area contributed by atoms with Crippen molar-refractivity contribution in [2.45, 2.75) is 12.8 Å². The second-order valence-electron chi connectivity index (χ2n) is 6.29. The Balaban J connectivity index is 2.04. The van der Waals surface area contributed by atoms with E-state index in [0.717, 1.165) is 17.5 Å². The molecule has 0 aliphatic rings. The van der Waals surface area contributed by atoms with E-state index in [1.165, 1.54) is 30.3 Å². The Kier molecular flexibility index (Phi) is 5.31. The van der Waals surface area contributed by atoms with Gasteiger partial charge in [-0.05, 0) is 53.8 Å². The summed E-state index contributed by atoms with van der Waals surface area (Å²) in [5, 5.41) is 0. The summed E-state index contributed by atoms with van der Waals surface area (Å²) in [7, 11) is 0. The minimum atomic E-state index is -0.705. The molecule has 0 saturated heterocycles. The van der Waals surface area contributed by atoms with Crippen molar-refractivity contribution < 1.29 is 14.0 Å². The van der Waals surface area contributed by atoms with E-state index in [1.54, 1.807) is 6.07 Å². The van der Waals surface area contributed by atoms with Gasteiger partial charge in [-0.25, -0.2) is 4.39 Å². The minimum Gasteiger partial charge on any atom is -0.366 e. The third-order valence-corrected chi connectivity index (χ3v) is 4.39. The first kappa shape index (κ1) is 18.3. The van der Waals surface area contributed by atoms with Crippen LogP contribution < -0.4 is 11.5 Å². The third kappa shape index (κ3) is 4.20. The quantitative estimate of drug-likeness (QED) is 0.703. The van der Waals surface area contributed by atoms with Gasteiger partial charge in [-0.2, -0.15) is 0 Å². The van der Waals surface area contributed by atoms with Crippen LogP contribution in [0.4, 0.5) is 4.39 Å². The van der Waals surface area contributed by atoms with Crippen LogP contribution in [0.3, 0.4) is 0 Å². The van der Waals surface area contributed by atoms with E-state index >= 15 is 0 Å². The molecule has 0 atom stereocenters. The molecule has 0 heterocycles. The number of nitrogens with two attached hydrogens (primary N) is 2. The average Bonchev–Trinajstić information content (AvgIpc) is 2.66. The standard InChI is InChI=1S/C22H19FN2O2/c23-17-12-15(10-9-14-5-2-1-3-6-14)11-16(13-17)20-18(21(24)26)7-4-8-19(20)22(25)27/h1-8,11-13H,9-10H2,(H2,24,26)(H2,25,27). The van der Waals surface area contributed by atoms with Gasteiger partial charge in [0.25, 0.3) is 0 Å². The predicted octanol–water partition coefficient (Wildman–Crippen LogP) is 3.48. The van der Waals surface area contributed by atoms with Crippen molar-refractivity contribution in [3.05, 3.63) is 94.8 Å². The van der Waals surface area contributed by atoms with Gasteiger partial charge in [-0.1, -0.05) is 42.5 Å². The van der Waals surface area contributed by atoms with Crippen molar-refractivity contribution in [2.75, 3.05) is 0 Å². The maximum Gasteiger partial charge on any atom is 0.249 e. The summed E-state index contributed by atoms with van der Waals surface area (Å²) in [5.41, 5.74) is 13.7. The minimum absolute atomic E-state index is 0.130. The number of hydrogen-bond donors (Lipinski definition) is 2. The smallest absolute Gasteiger partial charge is 0.249 e. The lowest BCUT2D eigenvalue weighted by atomic mass is 9.91. The number of aryl methyl sites for hydroxylation is 2. The maximum atomic E-state index is 14.3. The van der Waals surface area contributed by atoms with Crippen LogP contribution in [0.5, 0.6) is 0 Å². The van der Waals surface area contributed by atoms with Crippen LogP contribution in [-0.4, -0.2) is 11.8 Å². The largest absolute Gasteiger partial charge is 0.366 e. The van der Waals surface area contributed by atoms with Gasteiger partial charge in [-0.3, -0.25) is 9.59 Å². The molecule has 5 heteroatoms. The topological polar surface area (TPSA) is 86.2 Å². The Morgan fingerprint density at radius 2 is 1.33 bits per heavy atom. The molecule has 0 aliphatic carbocycles. The fourth-order valence-electron chi connectivity index (χ4n) is 3.15. The van der Waals surface area contributed by atoms with Crippen LogP contribution in [0.25, 0.3) is 11.1 Å². The van der Waals surface area contributed by atoms with E-state index in [4.69, 9.17) is 11.5 Å². The summed E-state index contributed by atoms with van der Waals surface area (Å²) in [4.78, 5) is 23.7. The number of rotatable bonds is 6. The van der Waals surface area contributed by atoms with Gasteiger partial charge in [0.1, 0.15) is 5.82 Å². The third-order valence-electron chi connectivity index (χ3n) is 4.39. The second kappa shape index (κ2) is 7.83. The highest BCUT2D eigenvalue weighted by atomic mass is 19.1. The fourth-order valence-corrected chi connectivity index (χ4v) is 3.15. The summed E-state index contributed by atoms with van der Waals surface area (Å²) in [5.74, 6) is -1.86. The summed E-state index contributed by atoms with van der Waals surface area (Å²) < 4.78 is 14.3. The van der Waals surface area contributed by atoms with E-state index in [-0.39, 0.29) is 16.7 Å². The molecule has 2 amide bonds. The lowest BCUT2D eigenvalue weighted by Gasteiger charge is -2.13. The van der Waals surface area contributed by atoms with Crippen molar-refractivity contribution in [1.29, 1.82) is 0 Å². The molecule has 0 unspecified atom stereocenters. The van der Waals surface area contributed by atoms with Crippen molar-refractivity contribution in [1.82, 2.24) is 0 Å². The van der Waals surface area contributed by atoms with Crippen LogP contribution in [-0.2, 0) is 12.8 Å². The van der Waals surface area contributed by atoms with Crippen LogP contribution in [0.1, 0.15) is 31.8 Å². The Morgan fingerprint density at radius 3 is 1.93 bits per heavy atom. The first-order valence-corrected chi connectivity index (χ1v) is 8.52. The van der Waals surface area contributed by atoms with E-state index in [9.17, 15) is 14.0 Å². The molecule has 0 bridgehead atoms. The number of hydrogen-bond acceptors (Lipinski definition) is 2. The Hall–Kier alpha value is -3.47. The van der Waals surface area contributed by atoms with Crippen LogP contribution in [0.2, 0.25) is 0 Å². The highest BCUT2D eigenvalue weighted by molar-refractivity contribution is 6.08. The molecule has 0 aliphatic heterocycles. The molecular formula is C22H19FN2O2. The van der Waals surface area contributed by atoms with Crippen molar-refractivity contribution in [3.8, 4) is 11.1 Å². The zero-order valence-electron chi connectivity index (χ0n) is 14.6. The Labute approximate surface area is 156 Å². The van der Waals surface area contributed by atoms with Crippen molar-refractivity contribution in [3.63, 3.8) is 0 Å². The molecule has 0 saturated carbocycles. The molecular weight excluding hydrogens is 343 g/mol. The summed E-state index contributed by atoms with van der Waals surface area (Å²) >= 11 is 0. The normalized spacial score (nSPS) is 10.6. The van der Waals surface area contributed by atoms with Gasteiger partial charge in [0.15, 0.2) is 0 Å². The van der Waals surface area contributed by atoms with Gasteiger partial charge >= 0.3 is 0 Å². The summed E-state index contributed by atoms with van der Waals surface area (Å²) in [6, 6.07) is 18.9. The van der Waals surface area contributed by atoms with E-state index in [2.05, 4.69) is 0 Å². The van der Waals surface area contributed by atoms with E-state index in [0.29, 0.717) is 12.0 Å². The van der Waals surface area contributed by atoms with Crippen LogP contribution in [0, 0.1) is 5.82 Å². The molecule has 4 nitrogen and oxygen atoms in total. The number of carbonyl (C=O) groups is 2. The molecule has 0 aromatic heterocycles. The molecule has 136 valence electrons. The van der Waals surface area contributed by atoms with Crippen molar-refractivity contribution in [2.24, 2.45) is 11.5 Å². The first-order chi connectivity index (χ1) is 13.0. The van der Waals surface area contributed by atoms with Gasteiger partial charge in [0, 0.05) is 16.7 Å². The van der Waals surface area contributed by atoms with Crippen LogP contribution in [0.15, 0.2) is 66.7 Å². The first-order valence-electron chi connectivity index (χ1n) is 8.52. The number of benzene rings is 3.